The minimum absolute atomic E-state index is 0.192. The van der Waals surface area contributed by atoms with Crippen molar-refractivity contribution in [2.45, 2.75) is 19.8 Å². The van der Waals surface area contributed by atoms with Crippen LogP contribution in [-0.4, -0.2) is 35.0 Å². The normalized spacial score (nSPS) is 24.0. The van der Waals surface area contributed by atoms with Gasteiger partial charge in [-0.05, 0) is 41.8 Å². The molecule has 0 aromatic carbocycles. The second kappa shape index (κ2) is 4.76. The van der Waals surface area contributed by atoms with Gasteiger partial charge in [-0.25, -0.2) is 0 Å². The number of carbonyl (C=O) groups excluding carboxylic acids is 1. The molecule has 2 rings (SSSR count). The summed E-state index contributed by atoms with van der Waals surface area (Å²) in [5, 5.41) is 9.22. The van der Waals surface area contributed by atoms with E-state index in [-0.39, 0.29) is 12.5 Å². The highest BCUT2D eigenvalue weighted by Gasteiger charge is 2.39. The van der Waals surface area contributed by atoms with Gasteiger partial charge in [0, 0.05) is 13.1 Å². The fourth-order valence-electron chi connectivity index (χ4n) is 2.20. The monoisotopic (exact) mass is 315 g/mol. The zero-order valence-electron chi connectivity index (χ0n) is 9.98. The van der Waals surface area contributed by atoms with Gasteiger partial charge in [0.1, 0.15) is 0 Å². The summed E-state index contributed by atoms with van der Waals surface area (Å²) >= 11 is 3.16. The summed E-state index contributed by atoms with van der Waals surface area (Å²) in [6, 6.07) is 1.58. The van der Waals surface area contributed by atoms with Crippen molar-refractivity contribution in [1.82, 2.24) is 4.90 Å². The highest BCUT2D eigenvalue weighted by atomic mass is 79.9. The molecule has 1 unspecified atom stereocenters. The summed E-state index contributed by atoms with van der Waals surface area (Å²) in [6.07, 6.45) is 2.72. The van der Waals surface area contributed by atoms with E-state index < -0.39 is 11.4 Å². The Labute approximate surface area is 113 Å². The molecule has 1 aliphatic heterocycles. The van der Waals surface area contributed by atoms with Crippen molar-refractivity contribution in [2.75, 3.05) is 13.1 Å². The molecule has 18 heavy (non-hydrogen) atoms. The molecule has 1 N–H and O–H groups in total. The molecule has 98 valence electrons. The van der Waals surface area contributed by atoms with Crippen molar-refractivity contribution in [3.05, 3.63) is 22.6 Å². The number of amides is 1. The first-order valence-electron chi connectivity index (χ1n) is 5.70. The molecule has 1 atom stereocenters. The Morgan fingerprint density at radius 3 is 2.83 bits per heavy atom. The maximum Gasteiger partial charge on any atom is 0.311 e. The largest absolute Gasteiger partial charge is 0.481 e. The predicted octanol–water partition coefficient (Wildman–Crippen LogP) is 2.37. The molecular weight excluding hydrogens is 302 g/mol. The molecule has 5 nitrogen and oxygen atoms in total. The highest BCUT2D eigenvalue weighted by Crippen LogP contribution is 2.31. The summed E-state index contributed by atoms with van der Waals surface area (Å²) in [6.45, 7) is 2.50. The van der Waals surface area contributed by atoms with Gasteiger partial charge in [-0.15, -0.1) is 0 Å². The predicted molar refractivity (Wildman–Crippen MR) is 67.3 cm³/mol. The minimum Gasteiger partial charge on any atom is -0.481 e. The van der Waals surface area contributed by atoms with Crippen LogP contribution in [0.15, 0.2) is 21.4 Å². The Balaban J connectivity index is 2.17. The quantitative estimate of drug-likeness (QED) is 0.909. The third kappa shape index (κ3) is 2.29. The van der Waals surface area contributed by atoms with E-state index in [1.54, 1.807) is 17.9 Å². The number of aliphatic carboxylic acids is 1. The molecule has 0 aliphatic carbocycles. The molecule has 1 aromatic heterocycles. The zero-order valence-corrected chi connectivity index (χ0v) is 11.6. The van der Waals surface area contributed by atoms with E-state index in [2.05, 4.69) is 15.9 Å². The average molecular weight is 316 g/mol. The van der Waals surface area contributed by atoms with Gasteiger partial charge in [0.05, 0.1) is 17.2 Å². The second-order valence-corrected chi connectivity index (χ2v) is 5.52. The van der Waals surface area contributed by atoms with Crippen LogP contribution in [0.4, 0.5) is 0 Å². The summed E-state index contributed by atoms with van der Waals surface area (Å²) in [4.78, 5) is 25.0. The molecule has 0 radical (unpaired) electrons. The number of carbonyl (C=O) groups is 2. The molecule has 0 saturated carbocycles. The van der Waals surface area contributed by atoms with Crippen molar-refractivity contribution in [3.63, 3.8) is 0 Å². The molecule has 0 bridgehead atoms. The van der Waals surface area contributed by atoms with Gasteiger partial charge in [-0.3, -0.25) is 9.59 Å². The number of carboxylic acids is 1. The smallest absolute Gasteiger partial charge is 0.311 e. The number of piperidine rings is 1. The maximum absolute atomic E-state index is 12.2. The van der Waals surface area contributed by atoms with Gasteiger partial charge in [0.15, 0.2) is 4.67 Å². The van der Waals surface area contributed by atoms with Crippen LogP contribution in [0.3, 0.4) is 0 Å². The summed E-state index contributed by atoms with van der Waals surface area (Å²) in [7, 11) is 0. The molecule has 1 fully saturated rings. The lowest BCUT2D eigenvalue weighted by Crippen LogP contribution is -2.48. The number of rotatable bonds is 2. The van der Waals surface area contributed by atoms with E-state index in [0.717, 1.165) is 0 Å². The highest BCUT2D eigenvalue weighted by molar-refractivity contribution is 9.10. The summed E-state index contributed by atoms with van der Waals surface area (Å²) in [5.74, 6) is -1.05. The van der Waals surface area contributed by atoms with Crippen molar-refractivity contribution in [2.24, 2.45) is 5.41 Å². The number of furan rings is 1. The molecule has 0 spiro atoms. The van der Waals surface area contributed by atoms with Crippen molar-refractivity contribution < 1.29 is 19.1 Å². The summed E-state index contributed by atoms with van der Waals surface area (Å²) in [5.41, 5.74) is -0.422. The maximum atomic E-state index is 12.2. The summed E-state index contributed by atoms with van der Waals surface area (Å²) < 4.78 is 5.41. The van der Waals surface area contributed by atoms with Gasteiger partial charge < -0.3 is 14.4 Å². The Morgan fingerprint density at radius 1 is 1.56 bits per heavy atom. The fourth-order valence-corrected chi connectivity index (χ4v) is 2.61. The number of nitrogens with zero attached hydrogens (tertiary/aromatic N) is 1. The molecule has 2 heterocycles. The lowest BCUT2D eigenvalue weighted by molar-refractivity contribution is -0.150. The third-order valence-electron chi connectivity index (χ3n) is 3.35. The lowest BCUT2D eigenvalue weighted by atomic mass is 9.82. The van der Waals surface area contributed by atoms with Gasteiger partial charge in [-0.2, -0.15) is 0 Å². The zero-order chi connectivity index (χ0) is 13.3. The van der Waals surface area contributed by atoms with E-state index in [1.807, 2.05) is 0 Å². The minimum atomic E-state index is -0.857. The van der Waals surface area contributed by atoms with Crippen LogP contribution >= 0.6 is 15.9 Å². The Bertz CT molecular complexity index is 484. The molecule has 1 aromatic rings. The van der Waals surface area contributed by atoms with Gasteiger partial charge in [0.2, 0.25) is 0 Å². The van der Waals surface area contributed by atoms with Crippen LogP contribution in [0.25, 0.3) is 0 Å². The van der Waals surface area contributed by atoms with E-state index in [0.29, 0.717) is 29.6 Å². The lowest BCUT2D eigenvalue weighted by Gasteiger charge is -2.37. The molecule has 6 heteroatoms. The van der Waals surface area contributed by atoms with Crippen LogP contribution in [-0.2, 0) is 4.79 Å². The van der Waals surface area contributed by atoms with Gasteiger partial charge in [0.25, 0.3) is 5.91 Å². The first-order valence-corrected chi connectivity index (χ1v) is 6.49. The molecule has 1 aliphatic rings. The van der Waals surface area contributed by atoms with E-state index in [1.165, 1.54) is 6.26 Å². The average Bonchev–Trinajstić information content (AvgIpc) is 2.74. The van der Waals surface area contributed by atoms with Crippen LogP contribution in [0.1, 0.15) is 30.1 Å². The fraction of sp³-hybridized carbons (Fsp3) is 0.500. The number of halogens is 1. The van der Waals surface area contributed by atoms with Crippen molar-refractivity contribution in [1.29, 1.82) is 0 Å². The van der Waals surface area contributed by atoms with Crippen molar-refractivity contribution >= 4 is 27.8 Å². The van der Waals surface area contributed by atoms with Gasteiger partial charge >= 0.3 is 5.97 Å². The molecule has 1 amide bonds. The Kier molecular flexibility index (Phi) is 3.47. The Hall–Kier alpha value is -1.30. The SMILES string of the molecule is CC1(C(=O)O)CCCN(C(=O)c2ccoc2Br)C1. The van der Waals surface area contributed by atoms with E-state index in [9.17, 15) is 14.7 Å². The van der Waals surface area contributed by atoms with Crippen molar-refractivity contribution in [3.8, 4) is 0 Å². The third-order valence-corrected chi connectivity index (χ3v) is 3.96. The van der Waals surface area contributed by atoms with E-state index >= 15 is 0 Å². The first-order chi connectivity index (χ1) is 8.44. The van der Waals surface area contributed by atoms with Crippen LogP contribution in [0.2, 0.25) is 0 Å². The second-order valence-electron chi connectivity index (χ2n) is 4.80. The van der Waals surface area contributed by atoms with Crippen LogP contribution in [0.5, 0.6) is 0 Å². The van der Waals surface area contributed by atoms with Gasteiger partial charge in [-0.1, -0.05) is 0 Å². The topological polar surface area (TPSA) is 70.8 Å². The number of hydrogen-bond acceptors (Lipinski definition) is 3. The van der Waals surface area contributed by atoms with Crippen LogP contribution < -0.4 is 0 Å². The molecule has 1 saturated heterocycles. The standard InChI is InChI=1S/C12H14BrNO4/c1-12(11(16)17)4-2-5-14(7-12)10(15)8-3-6-18-9(8)13/h3,6H,2,4-5,7H2,1H3,(H,16,17). The van der Waals surface area contributed by atoms with Crippen LogP contribution in [0, 0.1) is 5.41 Å². The van der Waals surface area contributed by atoms with E-state index in [4.69, 9.17) is 4.42 Å². The first kappa shape index (κ1) is 13.1. The number of hydrogen-bond donors (Lipinski definition) is 1. The molecular formula is C12H14BrNO4. The Morgan fingerprint density at radius 2 is 2.28 bits per heavy atom. The number of carboxylic acid groups (broad SMARTS) is 1. The number of likely N-dealkylation sites (tertiary alicyclic amines) is 1.